The highest BCUT2D eigenvalue weighted by Gasteiger charge is 2.19. The van der Waals surface area contributed by atoms with Crippen LogP contribution in [0.25, 0.3) is 0 Å². The van der Waals surface area contributed by atoms with E-state index in [1.807, 2.05) is 0 Å². The molecule has 0 aliphatic heterocycles. The van der Waals surface area contributed by atoms with Gasteiger partial charge >= 0.3 is 0 Å². The molecule has 2 amide bonds. The Morgan fingerprint density at radius 1 is 0.931 bits per heavy atom. The van der Waals surface area contributed by atoms with Crippen LogP contribution in [0.4, 0.5) is 5.69 Å². The fraction of sp³-hybridized carbons (Fsp3) is 0.417. The number of amides is 2. The molecule has 5 nitrogen and oxygen atoms in total. The van der Waals surface area contributed by atoms with Gasteiger partial charge in [-0.3, -0.25) is 9.59 Å². The summed E-state index contributed by atoms with van der Waals surface area (Å²) in [5.41, 5.74) is 3.81. The van der Waals surface area contributed by atoms with Crippen molar-refractivity contribution < 1.29 is 9.59 Å². The Hall–Kier alpha value is -2.66. The molecule has 0 bridgehead atoms. The lowest BCUT2D eigenvalue weighted by molar-refractivity contribution is -0.115. The Kier molecular flexibility index (Phi) is 7.57. The van der Waals surface area contributed by atoms with Gasteiger partial charge in [-0.1, -0.05) is 58.9 Å². The number of nitrogens with one attached hydrogen (secondary N) is 3. The van der Waals surface area contributed by atoms with Gasteiger partial charge in [0.2, 0.25) is 5.91 Å². The fourth-order valence-electron chi connectivity index (χ4n) is 3.19. The molecule has 2 aromatic rings. The second kappa shape index (κ2) is 9.70. The molecule has 3 N–H and O–H groups in total. The second-order valence-corrected chi connectivity index (χ2v) is 8.68. The average Bonchev–Trinajstić information content (AvgIpc) is 2.67. The van der Waals surface area contributed by atoms with Crippen molar-refractivity contribution in [1.82, 2.24) is 10.6 Å². The Balaban J connectivity index is 1.98. The lowest BCUT2D eigenvalue weighted by atomic mass is 9.85. The topological polar surface area (TPSA) is 70.2 Å². The smallest absolute Gasteiger partial charge is 0.251 e. The van der Waals surface area contributed by atoms with Gasteiger partial charge in [0.05, 0.1) is 6.54 Å². The molecule has 1 unspecified atom stereocenters. The largest absolute Gasteiger partial charge is 0.355 e. The van der Waals surface area contributed by atoms with Crippen LogP contribution in [0.5, 0.6) is 0 Å². The molecular formula is C24H33N3O2. The molecular weight excluding hydrogens is 362 g/mol. The summed E-state index contributed by atoms with van der Waals surface area (Å²) in [5.74, 6) is 0.0755. The molecule has 0 heterocycles. The molecule has 0 radical (unpaired) electrons. The van der Waals surface area contributed by atoms with Gasteiger partial charge in [0.1, 0.15) is 0 Å². The number of hydrogen-bond acceptors (Lipinski definition) is 3. The third-order valence-electron chi connectivity index (χ3n) is 4.94. The molecule has 0 aliphatic rings. The van der Waals surface area contributed by atoms with Crippen LogP contribution in [-0.4, -0.2) is 25.4 Å². The molecule has 1 atom stereocenters. The molecule has 2 rings (SSSR count). The van der Waals surface area contributed by atoms with Crippen LogP contribution < -0.4 is 16.0 Å². The molecule has 0 aromatic heterocycles. The minimum atomic E-state index is -0.151. The van der Waals surface area contributed by atoms with Crippen molar-refractivity contribution in [2.24, 2.45) is 5.92 Å². The number of rotatable bonds is 7. The van der Waals surface area contributed by atoms with Gasteiger partial charge < -0.3 is 16.0 Å². The molecule has 2 aromatic carbocycles. The SMILES string of the molecule is CNC(=O)c1ccc(NC(=O)CNC(c2ccc(C(C)(C)C)cc2)C(C)C)cc1. The Morgan fingerprint density at radius 2 is 1.52 bits per heavy atom. The van der Waals surface area contributed by atoms with Crippen LogP contribution >= 0.6 is 0 Å². The first-order valence-corrected chi connectivity index (χ1v) is 10.1. The molecule has 0 saturated carbocycles. The van der Waals surface area contributed by atoms with E-state index in [1.54, 1.807) is 31.3 Å². The first kappa shape index (κ1) is 22.6. The number of carbonyl (C=O) groups is 2. The van der Waals surface area contributed by atoms with Gasteiger partial charge in [0, 0.05) is 24.3 Å². The zero-order valence-electron chi connectivity index (χ0n) is 18.3. The van der Waals surface area contributed by atoms with E-state index in [1.165, 1.54) is 11.1 Å². The molecule has 0 spiro atoms. The van der Waals surface area contributed by atoms with Crippen molar-refractivity contribution in [3.63, 3.8) is 0 Å². The summed E-state index contributed by atoms with van der Waals surface area (Å²) in [5, 5.41) is 8.82. The van der Waals surface area contributed by atoms with Crippen LogP contribution in [0, 0.1) is 5.92 Å². The van der Waals surface area contributed by atoms with Gasteiger partial charge in [0.15, 0.2) is 0 Å². The maximum absolute atomic E-state index is 12.4. The number of anilines is 1. The van der Waals surface area contributed by atoms with Gasteiger partial charge in [-0.15, -0.1) is 0 Å². The van der Waals surface area contributed by atoms with Crippen molar-refractivity contribution in [2.75, 3.05) is 18.9 Å². The van der Waals surface area contributed by atoms with Gasteiger partial charge in [-0.25, -0.2) is 0 Å². The summed E-state index contributed by atoms with van der Waals surface area (Å²) in [6.45, 7) is 11.1. The molecule has 0 fully saturated rings. The summed E-state index contributed by atoms with van der Waals surface area (Å²) in [4.78, 5) is 24.0. The summed E-state index contributed by atoms with van der Waals surface area (Å²) in [7, 11) is 1.59. The zero-order valence-corrected chi connectivity index (χ0v) is 18.3. The predicted molar refractivity (Wildman–Crippen MR) is 119 cm³/mol. The van der Waals surface area contributed by atoms with E-state index in [4.69, 9.17) is 0 Å². The highest BCUT2D eigenvalue weighted by molar-refractivity contribution is 5.96. The maximum Gasteiger partial charge on any atom is 0.251 e. The highest BCUT2D eigenvalue weighted by Crippen LogP contribution is 2.26. The van der Waals surface area contributed by atoms with Crippen LogP contribution in [0.1, 0.15) is 62.1 Å². The highest BCUT2D eigenvalue weighted by atomic mass is 16.2. The third-order valence-corrected chi connectivity index (χ3v) is 4.94. The molecule has 29 heavy (non-hydrogen) atoms. The number of hydrogen-bond donors (Lipinski definition) is 3. The van der Waals surface area contributed by atoms with E-state index in [0.717, 1.165) is 0 Å². The van der Waals surface area contributed by atoms with Crippen molar-refractivity contribution >= 4 is 17.5 Å². The first-order valence-electron chi connectivity index (χ1n) is 10.1. The van der Waals surface area contributed by atoms with Gasteiger partial charge in [0.25, 0.3) is 5.91 Å². The van der Waals surface area contributed by atoms with E-state index in [2.05, 4.69) is 74.8 Å². The zero-order chi connectivity index (χ0) is 21.6. The second-order valence-electron chi connectivity index (χ2n) is 8.68. The van der Waals surface area contributed by atoms with Crippen molar-refractivity contribution in [3.8, 4) is 0 Å². The minimum absolute atomic E-state index is 0.0883. The van der Waals surface area contributed by atoms with Gasteiger partial charge in [-0.2, -0.15) is 0 Å². The van der Waals surface area contributed by atoms with E-state index in [9.17, 15) is 9.59 Å². The first-order chi connectivity index (χ1) is 13.6. The normalized spacial score (nSPS) is 12.5. The summed E-state index contributed by atoms with van der Waals surface area (Å²) >= 11 is 0. The Labute approximate surface area is 174 Å². The van der Waals surface area contributed by atoms with Crippen LogP contribution in [0.15, 0.2) is 48.5 Å². The lowest BCUT2D eigenvalue weighted by Gasteiger charge is -2.25. The number of benzene rings is 2. The minimum Gasteiger partial charge on any atom is -0.355 e. The average molecular weight is 396 g/mol. The van der Waals surface area contributed by atoms with E-state index < -0.39 is 0 Å². The Morgan fingerprint density at radius 3 is 2.00 bits per heavy atom. The summed E-state index contributed by atoms with van der Waals surface area (Å²) in [6.07, 6.45) is 0. The lowest BCUT2D eigenvalue weighted by Crippen LogP contribution is -2.33. The molecule has 156 valence electrons. The fourth-order valence-corrected chi connectivity index (χ4v) is 3.19. The van der Waals surface area contributed by atoms with Crippen LogP contribution in [0.3, 0.4) is 0 Å². The monoisotopic (exact) mass is 395 g/mol. The molecule has 5 heteroatoms. The standard InChI is InChI=1S/C24H33N3O2/c1-16(2)22(17-7-11-19(12-8-17)24(3,4)5)26-15-21(28)27-20-13-9-18(10-14-20)23(29)25-6/h7-14,16,22,26H,15H2,1-6H3,(H,25,29)(H,27,28). The van der Waals surface area contributed by atoms with Gasteiger partial charge in [-0.05, 0) is 46.7 Å². The molecule has 0 aliphatic carbocycles. The van der Waals surface area contributed by atoms with Crippen molar-refractivity contribution in [1.29, 1.82) is 0 Å². The maximum atomic E-state index is 12.4. The van der Waals surface area contributed by atoms with E-state index in [-0.39, 0.29) is 29.8 Å². The molecule has 0 saturated heterocycles. The quantitative estimate of drug-likeness (QED) is 0.656. The van der Waals surface area contributed by atoms with Crippen LogP contribution in [0.2, 0.25) is 0 Å². The van der Waals surface area contributed by atoms with E-state index in [0.29, 0.717) is 17.2 Å². The summed E-state index contributed by atoms with van der Waals surface area (Å²) < 4.78 is 0. The predicted octanol–water partition coefficient (Wildman–Crippen LogP) is 4.27. The van der Waals surface area contributed by atoms with Crippen molar-refractivity contribution in [2.45, 2.75) is 46.1 Å². The third kappa shape index (κ3) is 6.43. The van der Waals surface area contributed by atoms with E-state index >= 15 is 0 Å². The number of carbonyl (C=O) groups excluding carboxylic acids is 2. The Bertz CT molecular complexity index is 819. The van der Waals surface area contributed by atoms with Crippen molar-refractivity contribution in [3.05, 3.63) is 65.2 Å². The summed E-state index contributed by atoms with van der Waals surface area (Å²) in [6, 6.07) is 15.6. The van der Waals surface area contributed by atoms with Crippen LogP contribution in [-0.2, 0) is 10.2 Å².